The van der Waals surface area contributed by atoms with Crippen molar-refractivity contribution in [3.8, 4) is 17.2 Å². The largest absolute Gasteiger partial charge is 0.490 e. The van der Waals surface area contributed by atoms with Gasteiger partial charge < -0.3 is 9.47 Å². The third kappa shape index (κ3) is 5.32. The van der Waals surface area contributed by atoms with Gasteiger partial charge in [-0.05, 0) is 65.7 Å². The maximum atomic E-state index is 12.3. The molecule has 1 N–H and O–H groups in total. The quantitative estimate of drug-likeness (QED) is 0.414. The second-order valence-electron chi connectivity index (χ2n) is 6.11. The van der Waals surface area contributed by atoms with E-state index in [4.69, 9.17) is 21.1 Å². The molecule has 0 radical (unpaired) electrons. The molecule has 0 fully saturated rings. The SMILES string of the molecule is CCCOc1c(Cl)cc(/C=N/NC(=O)c2ccc(-n3cnnn3)cc2)cc1OCC. The minimum atomic E-state index is -0.353. The maximum absolute atomic E-state index is 12.3. The number of ether oxygens (including phenoxy) is 2. The van der Waals surface area contributed by atoms with Crippen molar-refractivity contribution in [3.05, 3.63) is 58.9 Å². The zero-order valence-corrected chi connectivity index (χ0v) is 17.3. The molecule has 2 aromatic carbocycles. The van der Waals surface area contributed by atoms with Crippen LogP contribution in [0.3, 0.4) is 0 Å². The summed E-state index contributed by atoms with van der Waals surface area (Å²) in [5.41, 5.74) is 4.34. The van der Waals surface area contributed by atoms with Gasteiger partial charge in [-0.3, -0.25) is 4.79 Å². The van der Waals surface area contributed by atoms with Gasteiger partial charge in [-0.25, -0.2) is 10.1 Å². The highest BCUT2D eigenvalue weighted by Gasteiger charge is 2.12. The van der Waals surface area contributed by atoms with Gasteiger partial charge >= 0.3 is 0 Å². The first-order chi connectivity index (χ1) is 14.6. The second-order valence-corrected chi connectivity index (χ2v) is 6.52. The lowest BCUT2D eigenvalue weighted by molar-refractivity contribution is 0.0955. The summed E-state index contributed by atoms with van der Waals surface area (Å²) >= 11 is 6.33. The summed E-state index contributed by atoms with van der Waals surface area (Å²) in [4.78, 5) is 12.3. The minimum Gasteiger partial charge on any atom is -0.490 e. The molecule has 1 amide bonds. The average molecular weight is 429 g/mol. The van der Waals surface area contributed by atoms with Crippen LogP contribution in [-0.4, -0.2) is 45.5 Å². The van der Waals surface area contributed by atoms with E-state index < -0.39 is 0 Å². The molecule has 3 aromatic rings. The van der Waals surface area contributed by atoms with E-state index in [1.165, 1.54) is 17.2 Å². The molecule has 0 aliphatic rings. The lowest BCUT2D eigenvalue weighted by Crippen LogP contribution is -2.17. The zero-order chi connectivity index (χ0) is 21.3. The smallest absolute Gasteiger partial charge is 0.271 e. The van der Waals surface area contributed by atoms with Gasteiger partial charge in [0.05, 0.1) is 30.1 Å². The lowest BCUT2D eigenvalue weighted by Gasteiger charge is -2.13. The Hall–Kier alpha value is -3.46. The third-order valence-electron chi connectivity index (χ3n) is 3.90. The van der Waals surface area contributed by atoms with Crippen molar-refractivity contribution in [1.29, 1.82) is 0 Å². The van der Waals surface area contributed by atoms with E-state index in [9.17, 15) is 4.79 Å². The predicted molar refractivity (Wildman–Crippen MR) is 113 cm³/mol. The van der Waals surface area contributed by atoms with Crippen molar-refractivity contribution in [3.63, 3.8) is 0 Å². The molecule has 1 heterocycles. The number of carbonyl (C=O) groups is 1. The van der Waals surface area contributed by atoms with Crippen LogP contribution < -0.4 is 14.9 Å². The van der Waals surface area contributed by atoms with E-state index in [-0.39, 0.29) is 5.91 Å². The number of tetrazole rings is 1. The van der Waals surface area contributed by atoms with E-state index in [1.54, 1.807) is 36.4 Å². The Bertz CT molecular complexity index is 1010. The highest BCUT2D eigenvalue weighted by Crippen LogP contribution is 2.36. The van der Waals surface area contributed by atoms with Crippen molar-refractivity contribution >= 4 is 23.7 Å². The van der Waals surface area contributed by atoms with Gasteiger partial charge in [0, 0.05) is 5.56 Å². The fourth-order valence-electron chi connectivity index (χ4n) is 2.54. The predicted octanol–water partition coefficient (Wildman–Crippen LogP) is 3.27. The molecule has 1 aromatic heterocycles. The van der Waals surface area contributed by atoms with Crippen LogP contribution in [0, 0.1) is 0 Å². The molecule has 156 valence electrons. The van der Waals surface area contributed by atoms with Crippen LogP contribution in [0.15, 0.2) is 47.8 Å². The van der Waals surface area contributed by atoms with Crippen LogP contribution in [0.4, 0.5) is 0 Å². The third-order valence-corrected chi connectivity index (χ3v) is 4.19. The van der Waals surface area contributed by atoms with Crippen molar-refractivity contribution in [2.45, 2.75) is 20.3 Å². The van der Waals surface area contributed by atoms with Crippen molar-refractivity contribution in [1.82, 2.24) is 25.6 Å². The molecule has 0 unspecified atom stereocenters. The standard InChI is InChI=1S/C20H21ClN6O3/c1-3-9-30-19-17(21)10-14(11-18(19)29-4-2)12-22-24-20(28)15-5-7-16(8-6-15)27-13-23-25-26-27/h5-8,10-13H,3-4,9H2,1-2H3,(H,24,28)/b22-12+. The Kier molecular flexibility index (Phi) is 7.34. The number of hydrogen-bond donors (Lipinski definition) is 1. The average Bonchev–Trinajstić information content (AvgIpc) is 3.28. The van der Waals surface area contributed by atoms with Crippen molar-refractivity contribution in [2.75, 3.05) is 13.2 Å². The van der Waals surface area contributed by atoms with Gasteiger partial charge in [-0.2, -0.15) is 5.10 Å². The van der Waals surface area contributed by atoms with Gasteiger partial charge in [0.25, 0.3) is 5.91 Å². The highest BCUT2D eigenvalue weighted by atomic mass is 35.5. The van der Waals surface area contributed by atoms with Crippen LogP contribution in [0.2, 0.25) is 5.02 Å². The molecular weight excluding hydrogens is 408 g/mol. The van der Waals surface area contributed by atoms with Gasteiger partial charge in [0.1, 0.15) is 6.33 Å². The van der Waals surface area contributed by atoms with E-state index in [0.29, 0.717) is 40.9 Å². The van der Waals surface area contributed by atoms with E-state index in [1.807, 2.05) is 13.8 Å². The van der Waals surface area contributed by atoms with Gasteiger partial charge in [-0.15, -0.1) is 5.10 Å². The minimum absolute atomic E-state index is 0.353. The van der Waals surface area contributed by atoms with Gasteiger partial charge in [0.2, 0.25) is 0 Å². The number of hydrazone groups is 1. The number of nitrogens with one attached hydrogen (secondary N) is 1. The number of aromatic nitrogens is 4. The summed E-state index contributed by atoms with van der Waals surface area (Å²) < 4.78 is 12.8. The Morgan fingerprint density at radius 1 is 1.23 bits per heavy atom. The number of halogens is 1. The molecule has 0 atom stereocenters. The molecule has 10 heteroatoms. The number of nitrogens with zero attached hydrogens (tertiary/aromatic N) is 5. The summed E-state index contributed by atoms with van der Waals surface area (Å²) in [5, 5.41) is 15.4. The van der Waals surface area contributed by atoms with E-state index in [0.717, 1.165) is 12.1 Å². The van der Waals surface area contributed by atoms with E-state index in [2.05, 4.69) is 26.1 Å². The number of hydrogen-bond acceptors (Lipinski definition) is 7. The first-order valence-electron chi connectivity index (χ1n) is 9.38. The zero-order valence-electron chi connectivity index (χ0n) is 16.6. The monoisotopic (exact) mass is 428 g/mol. The topological polar surface area (TPSA) is 104 Å². The summed E-state index contributed by atoms with van der Waals surface area (Å²) in [7, 11) is 0. The number of benzene rings is 2. The fraction of sp³-hybridized carbons (Fsp3) is 0.250. The Balaban J connectivity index is 1.67. The summed E-state index contributed by atoms with van der Waals surface area (Å²) in [6.45, 7) is 4.90. The molecule has 0 saturated heterocycles. The summed E-state index contributed by atoms with van der Waals surface area (Å²) in [6, 6.07) is 10.2. The molecule has 0 aliphatic carbocycles. The fourth-order valence-corrected chi connectivity index (χ4v) is 2.82. The number of carbonyl (C=O) groups excluding carboxylic acids is 1. The number of rotatable bonds is 9. The van der Waals surface area contributed by atoms with Gasteiger partial charge in [0.15, 0.2) is 11.5 Å². The Morgan fingerprint density at radius 3 is 2.70 bits per heavy atom. The molecule has 30 heavy (non-hydrogen) atoms. The van der Waals surface area contributed by atoms with E-state index >= 15 is 0 Å². The Morgan fingerprint density at radius 2 is 2.03 bits per heavy atom. The highest BCUT2D eigenvalue weighted by molar-refractivity contribution is 6.32. The molecule has 0 aliphatic heterocycles. The molecule has 3 rings (SSSR count). The molecular formula is C20H21ClN6O3. The molecule has 0 spiro atoms. The number of amides is 1. The second kappa shape index (κ2) is 10.4. The molecule has 0 bridgehead atoms. The van der Waals surface area contributed by atoms with Crippen LogP contribution in [-0.2, 0) is 0 Å². The summed E-state index contributed by atoms with van der Waals surface area (Å²) in [5.74, 6) is 0.683. The first-order valence-corrected chi connectivity index (χ1v) is 9.76. The lowest BCUT2D eigenvalue weighted by atomic mass is 10.2. The van der Waals surface area contributed by atoms with Gasteiger partial charge in [-0.1, -0.05) is 18.5 Å². The van der Waals surface area contributed by atoms with Crippen LogP contribution in [0.25, 0.3) is 5.69 Å². The normalized spacial score (nSPS) is 10.9. The molecule has 0 saturated carbocycles. The first kappa shape index (κ1) is 21.3. The molecule has 9 nitrogen and oxygen atoms in total. The Labute approximate surface area is 178 Å². The summed E-state index contributed by atoms with van der Waals surface area (Å²) in [6.07, 6.45) is 3.82. The van der Waals surface area contributed by atoms with Crippen molar-refractivity contribution in [2.24, 2.45) is 5.10 Å². The van der Waals surface area contributed by atoms with Crippen LogP contribution >= 0.6 is 11.6 Å². The van der Waals surface area contributed by atoms with Crippen molar-refractivity contribution < 1.29 is 14.3 Å². The maximum Gasteiger partial charge on any atom is 0.271 e. The van der Waals surface area contributed by atoms with Crippen LogP contribution in [0.5, 0.6) is 11.5 Å². The van der Waals surface area contributed by atoms with Crippen LogP contribution in [0.1, 0.15) is 36.2 Å².